The Morgan fingerprint density at radius 3 is 2.43 bits per heavy atom. The number of allylic oxidation sites excluding steroid dienone is 1. The van der Waals surface area contributed by atoms with E-state index >= 15 is 0 Å². The van der Waals surface area contributed by atoms with Crippen LogP contribution in [0.4, 0.5) is 0 Å². The predicted molar refractivity (Wildman–Crippen MR) is 114 cm³/mol. The Bertz CT molecular complexity index is 1160. The van der Waals surface area contributed by atoms with E-state index in [1.54, 1.807) is 18.2 Å². The van der Waals surface area contributed by atoms with Crippen LogP contribution >= 0.6 is 0 Å². The zero-order chi connectivity index (χ0) is 19.6. The lowest BCUT2D eigenvalue weighted by Gasteiger charge is -2.20. The van der Waals surface area contributed by atoms with Crippen molar-refractivity contribution in [2.45, 2.75) is 17.2 Å². The summed E-state index contributed by atoms with van der Waals surface area (Å²) in [6.45, 7) is 0. The van der Waals surface area contributed by atoms with Gasteiger partial charge in [-0.1, -0.05) is 91.0 Å². The Morgan fingerprint density at radius 1 is 0.893 bits per heavy atom. The lowest BCUT2D eigenvalue weighted by atomic mass is 9.85. The van der Waals surface area contributed by atoms with Gasteiger partial charge in [0.05, 0.1) is 0 Å². The van der Waals surface area contributed by atoms with Crippen molar-refractivity contribution in [2.24, 2.45) is 0 Å². The molecule has 0 radical (unpaired) electrons. The quantitative estimate of drug-likeness (QED) is 0.477. The molecule has 0 heterocycles. The lowest BCUT2D eigenvalue weighted by Crippen LogP contribution is -2.08. The van der Waals surface area contributed by atoms with Crippen LogP contribution in [0.15, 0.2) is 83.8 Å². The van der Waals surface area contributed by atoms with E-state index in [4.69, 9.17) is 0 Å². The molecule has 3 nitrogen and oxygen atoms in total. The summed E-state index contributed by atoms with van der Waals surface area (Å²) in [6, 6.07) is 23.1. The summed E-state index contributed by atoms with van der Waals surface area (Å²) in [5, 5.41) is 0. The molecule has 140 valence electrons. The molecule has 1 unspecified atom stereocenters. The second kappa shape index (κ2) is 7.58. The monoisotopic (exact) mass is 388 g/mol. The summed E-state index contributed by atoms with van der Waals surface area (Å²) in [6.07, 6.45) is 8.51. The van der Waals surface area contributed by atoms with Crippen LogP contribution in [0, 0.1) is 0 Å². The maximum atomic E-state index is 12.0. The topological polar surface area (TPSA) is 54.4 Å². The fourth-order valence-corrected chi connectivity index (χ4v) is 4.25. The Morgan fingerprint density at radius 2 is 1.64 bits per heavy atom. The van der Waals surface area contributed by atoms with E-state index in [9.17, 15) is 13.0 Å². The molecule has 3 aromatic rings. The van der Waals surface area contributed by atoms with Gasteiger partial charge in [-0.25, -0.2) is 0 Å². The smallest absolute Gasteiger partial charge is 0.282 e. The molecule has 0 aliphatic heterocycles. The van der Waals surface area contributed by atoms with E-state index in [0.29, 0.717) is 5.56 Å². The molecule has 4 rings (SSSR count). The molecule has 3 aromatic carbocycles. The minimum Gasteiger partial charge on any atom is -0.282 e. The van der Waals surface area contributed by atoms with Crippen LogP contribution in [0.2, 0.25) is 0 Å². The lowest BCUT2D eigenvalue weighted by molar-refractivity contribution is 0.483. The Balaban J connectivity index is 1.69. The molecule has 0 saturated carbocycles. The largest absolute Gasteiger partial charge is 0.295 e. The van der Waals surface area contributed by atoms with Gasteiger partial charge in [-0.15, -0.1) is 0 Å². The second-order valence-electron chi connectivity index (χ2n) is 6.88. The van der Waals surface area contributed by atoms with Crippen molar-refractivity contribution >= 4 is 28.3 Å². The van der Waals surface area contributed by atoms with E-state index in [2.05, 4.69) is 24.3 Å². The molecule has 0 bridgehead atoms. The van der Waals surface area contributed by atoms with Gasteiger partial charge in [-0.2, -0.15) is 8.42 Å². The van der Waals surface area contributed by atoms with Gasteiger partial charge in [0.15, 0.2) is 0 Å². The van der Waals surface area contributed by atoms with Gasteiger partial charge in [0.2, 0.25) is 0 Å². The average molecular weight is 388 g/mol. The first kappa shape index (κ1) is 18.4. The summed E-state index contributed by atoms with van der Waals surface area (Å²) in [7, 11) is -4.33. The molecule has 1 aliphatic rings. The maximum absolute atomic E-state index is 12.0. The third kappa shape index (κ3) is 3.98. The number of fused-ring (bicyclic) bond motifs is 1. The second-order valence-corrected chi connectivity index (χ2v) is 8.27. The highest BCUT2D eigenvalue weighted by Gasteiger charge is 2.20. The van der Waals surface area contributed by atoms with Gasteiger partial charge in [0.25, 0.3) is 10.1 Å². The van der Waals surface area contributed by atoms with Gasteiger partial charge in [-0.3, -0.25) is 4.55 Å². The van der Waals surface area contributed by atoms with Gasteiger partial charge in [0.1, 0.15) is 4.90 Å². The van der Waals surface area contributed by atoms with Crippen LogP contribution in [-0.2, 0) is 16.5 Å². The zero-order valence-corrected chi connectivity index (χ0v) is 16.0. The molecule has 1 N–H and O–H groups in total. The zero-order valence-electron chi connectivity index (χ0n) is 15.2. The van der Waals surface area contributed by atoms with Gasteiger partial charge >= 0.3 is 0 Å². The van der Waals surface area contributed by atoms with E-state index in [0.717, 1.165) is 17.5 Å². The minimum atomic E-state index is -4.33. The van der Waals surface area contributed by atoms with Crippen LogP contribution in [-0.4, -0.2) is 13.0 Å². The van der Waals surface area contributed by atoms with E-state index in [1.165, 1.54) is 11.1 Å². The van der Waals surface area contributed by atoms with Crippen molar-refractivity contribution in [1.29, 1.82) is 0 Å². The van der Waals surface area contributed by atoms with Crippen LogP contribution in [0.1, 0.15) is 33.7 Å². The summed E-state index contributed by atoms with van der Waals surface area (Å²) >= 11 is 0. The summed E-state index contributed by atoms with van der Waals surface area (Å²) in [4.78, 5) is -0.0653. The molecule has 0 fully saturated rings. The Hall–Kier alpha value is -2.95. The molecule has 0 aromatic heterocycles. The van der Waals surface area contributed by atoms with E-state index in [1.807, 2.05) is 54.6 Å². The van der Waals surface area contributed by atoms with Crippen LogP contribution in [0.3, 0.4) is 0 Å². The summed E-state index contributed by atoms with van der Waals surface area (Å²) < 4.78 is 33.8. The van der Waals surface area contributed by atoms with E-state index < -0.39 is 10.1 Å². The maximum Gasteiger partial charge on any atom is 0.295 e. The van der Waals surface area contributed by atoms with Crippen molar-refractivity contribution in [3.05, 3.63) is 107 Å². The van der Waals surface area contributed by atoms with Crippen molar-refractivity contribution < 1.29 is 13.0 Å². The molecule has 28 heavy (non-hydrogen) atoms. The number of hydrogen-bond donors (Lipinski definition) is 1. The SMILES string of the molecule is O=S(=O)(O)c1cc(C2C=Cc3ccccc3C2)ccc1C=Cc1ccccc1. The van der Waals surface area contributed by atoms with Crippen LogP contribution in [0.5, 0.6) is 0 Å². The first-order valence-electron chi connectivity index (χ1n) is 9.11. The van der Waals surface area contributed by atoms with Crippen molar-refractivity contribution in [3.8, 4) is 0 Å². The Kier molecular flexibility index (Phi) is 4.99. The summed E-state index contributed by atoms with van der Waals surface area (Å²) in [5.41, 5.74) is 4.72. The number of hydrogen-bond acceptors (Lipinski definition) is 2. The van der Waals surface area contributed by atoms with Crippen LogP contribution in [0.25, 0.3) is 18.2 Å². The highest BCUT2D eigenvalue weighted by Crippen LogP contribution is 2.32. The molecule has 0 saturated heterocycles. The first-order valence-corrected chi connectivity index (χ1v) is 10.6. The van der Waals surface area contributed by atoms with Crippen molar-refractivity contribution in [2.75, 3.05) is 0 Å². The molecular weight excluding hydrogens is 368 g/mol. The molecular formula is C24H20O3S. The standard InChI is InChI=1S/C24H20O3S/c25-28(26,27)24-17-23(22-14-12-19-8-4-5-9-21(19)16-22)15-13-20(24)11-10-18-6-2-1-3-7-18/h1-15,17,22H,16H2,(H,25,26,27). The third-order valence-electron chi connectivity index (χ3n) is 5.00. The van der Waals surface area contributed by atoms with E-state index in [-0.39, 0.29) is 10.8 Å². The highest BCUT2D eigenvalue weighted by atomic mass is 32.2. The highest BCUT2D eigenvalue weighted by molar-refractivity contribution is 7.86. The van der Waals surface area contributed by atoms with Gasteiger partial charge in [0, 0.05) is 5.92 Å². The molecule has 4 heteroatoms. The predicted octanol–water partition coefficient (Wildman–Crippen LogP) is 5.46. The van der Waals surface area contributed by atoms with Gasteiger partial charge in [-0.05, 0) is 40.3 Å². The molecule has 0 spiro atoms. The minimum absolute atomic E-state index is 0.0653. The molecule has 1 atom stereocenters. The van der Waals surface area contributed by atoms with Crippen molar-refractivity contribution in [1.82, 2.24) is 0 Å². The molecule has 0 amide bonds. The normalized spacial score (nSPS) is 16.2. The average Bonchev–Trinajstić information content (AvgIpc) is 2.72. The van der Waals surface area contributed by atoms with Gasteiger partial charge < -0.3 is 0 Å². The Labute approximate surface area is 165 Å². The van der Waals surface area contributed by atoms with Crippen LogP contribution < -0.4 is 0 Å². The fraction of sp³-hybridized carbons (Fsp3) is 0.0833. The van der Waals surface area contributed by atoms with Crippen molar-refractivity contribution in [3.63, 3.8) is 0 Å². The fourth-order valence-electron chi connectivity index (χ4n) is 3.53. The number of rotatable bonds is 4. The molecule has 1 aliphatic carbocycles. The third-order valence-corrected chi connectivity index (χ3v) is 5.91. The first-order chi connectivity index (χ1) is 13.5. The summed E-state index contributed by atoms with van der Waals surface area (Å²) in [5.74, 6) is 0.0718. The number of benzene rings is 3.